The third kappa shape index (κ3) is 17.2. The molecule has 186 valence electrons. The number of alkyl carbamates (subject to hydrolysis) is 1. The molecule has 0 spiro atoms. The molecule has 0 bridgehead atoms. The van der Waals surface area contributed by atoms with Gasteiger partial charge in [0.25, 0.3) is 0 Å². The number of hydrogen-bond donors (Lipinski definition) is 4. The maximum atomic E-state index is 11.6. The first kappa shape index (κ1) is 29.5. The van der Waals surface area contributed by atoms with Gasteiger partial charge >= 0.3 is 24.0 Å². The lowest BCUT2D eigenvalue weighted by atomic mass is 10.3. The Morgan fingerprint density at radius 2 is 1.50 bits per heavy atom. The second-order valence-corrected chi connectivity index (χ2v) is 6.87. The fourth-order valence-electron chi connectivity index (χ4n) is 2.12. The third-order valence-corrected chi connectivity index (χ3v) is 3.85. The van der Waals surface area contributed by atoms with Gasteiger partial charge in [0, 0.05) is 33.1 Å². The van der Waals surface area contributed by atoms with Gasteiger partial charge in [-0.25, -0.2) is 4.79 Å². The molecule has 0 radical (unpaired) electrons. The van der Waals surface area contributed by atoms with Crippen LogP contribution in [0.25, 0.3) is 0 Å². The van der Waals surface area contributed by atoms with E-state index in [0.717, 1.165) is 20.0 Å². The zero-order valence-corrected chi connectivity index (χ0v) is 18.8. The molecule has 0 aliphatic rings. The molecule has 4 N–H and O–H groups in total. The van der Waals surface area contributed by atoms with Crippen molar-refractivity contribution < 1.29 is 48.3 Å². The van der Waals surface area contributed by atoms with Crippen LogP contribution in [0.5, 0.6) is 0 Å². The SMILES string of the molecule is CNCCN(C)CCNC(=O)OCC(O)COC(=O)CCC(=O)OCC(CO)OC(C)=O. The number of ether oxygens (including phenoxy) is 4. The van der Waals surface area contributed by atoms with Gasteiger partial charge in [0.1, 0.15) is 25.9 Å². The zero-order chi connectivity index (χ0) is 24.4. The number of rotatable bonds is 17. The summed E-state index contributed by atoms with van der Waals surface area (Å²) in [7, 11) is 3.77. The fraction of sp³-hybridized carbons (Fsp3) is 0.789. The van der Waals surface area contributed by atoms with Crippen LogP contribution >= 0.6 is 0 Å². The van der Waals surface area contributed by atoms with E-state index in [2.05, 4.69) is 10.6 Å². The Labute approximate surface area is 187 Å². The molecule has 0 aromatic rings. The van der Waals surface area contributed by atoms with Gasteiger partial charge in [0.2, 0.25) is 0 Å². The van der Waals surface area contributed by atoms with Gasteiger partial charge in [-0.1, -0.05) is 0 Å². The van der Waals surface area contributed by atoms with Crippen molar-refractivity contribution in [2.75, 3.05) is 66.7 Å². The largest absolute Gasteiger partial charge is 0.463 e. The molecule has 1 amide bonds. The van der Waals surface area contributed by atoms with Crippen molar-refractivity contribution in [2.45, 2.75) is 32.0 Å². The lowest BCUT2D eigenvalue weighted by Crippen LogP contribution is -2.37. The van der Waals surface area contributed by atoms with Crippen molar-refractivity contribution in [3.63, 3.8) is 0 Å². The zero-order valence-electron chi connectivity index (χ0n) is 18.8. The average Bonchev–Trinajstić information content (AvgIpc) is 2.75. The van der Waals surface area contributed by atoms with Crippen LogP contribution in [0, 0.1) is 0 Å². The van der Waals surface area contributed by atoms with Crippen LogP contribution in [0.15, 0.2) is 0 Å². The normalized spacial score (nSPS) is 12.6. The summed E-state index contributed by atoms with van der Waals surface area (Å²) < 4.78 is 19.1. The molecule has 2 unspecified atom stereocenters. The average molecular weight is 466 g/mol. The predicted molar refractivity (Wildman–Crippen MR) is 111 cm³/mol. The van der Waals surface area contributed by atoms with Gasteiger partial charge in [-0.3, -0.25) is 14.4 Å². The van der Waals surface area contributed by atoms with Gasteiger partial charge < -0.3 is 44.7 Å². The van der Waals surface area contributed by atoms with E-state index in [1.165, 1.54) is 0 Å². The first-order valence-electron chi connectivity index (χ1n) is 10.2. The molecule has 13 heteroatoms. The number of likely N-dealkylation sites (N-methyl/N-ethyl adjacent to an activating group) is 2. The van der Waals surface area contributed by atoms with Crippen LogP contribution < -0.4 is 10.6 Å². The van der Waals surface area contributed by atoms with Crippen molar-refractivity contribution in [3.8, 4) is 0 Å². The minimum absolute atomic E-state index is 0.297. The van der Waals surface area contributed by atoms with E-state index in [1.807, 2.05) is 19.0 Å². The predicted octanol–water partition coefficient (Wildman–Crippen LogP) is -1.98. The number of aliphatic hydroxyl groups excluding tert-OH is 2. The monoisotopic (exact) mass is 465 g/mol. The highest BCUT2D eigenvalue weighted by molar-refractivity contribution is 5.77. The van der Waals surface area contributed by atoms with Gasteiger partial charge in [0.05, 0.1) is 19.4 Å². The lowest BCUT2D eigenvalue weighted by Gasteiger charge is -2.17. The summed E-state index contributed by atoms with van der Waals surface area (Å²) in [6.07, 6.45) is -3.49. The molecular formula is C19H35N3O10. The number of carbonyl (C=O) groups excluding carboxylic acids is 4. The molecule has 0 aromatic carbocycles. The highest BCUT2D eigenvalue weighted by atomic mass is 16.6. The highest BCUT2D eigenvalue weighted by Gasteiger charge is 2.16. The van der Waals surface area contributed by atoms with E-state index in [-0.39, 0.29) is 26.1 Å². The number of nitrogens with zero attached hydrogens (tertiary/aromatic N) is 1. The molecule has 0 heterocycles. The van der Waals surface area contributed by atoms with E-state index >= 15 is 0 Å². The van der Waals surface area contributed by atoms with E-state index in [4.69, 9.17) is 24.1 Å². The van der Waals surface area contributed by atoms with E-state index in [9.17, 15) is 24.3 Å². The van der Waals surface area contributed by atoms with Crippen LogP contribution in [-0.4, -0.2) is 118 Å². The van der Waals surface area contributed by atoms with Crippen molar-refractivity contribution in [1.29, 1.82) is 0 Å². The lowest BCUT2D eigenvalue weighted by molar-refractivity contribution is -0.160. The van der Waals surface area contributed by atoms with Gasteiger partial charge in [-0.15, -0.1) is 0 Å². The molecule has 0 fully saturated rings. The molecular weight excluding hydrogens is 430 g/mol. The van der Waals surface area contributed by atoms with E-state index in [0.29, 0.717) is 13.1 Å². The van der Waals surface area contributed by atoms with Crippen LogP contribution in [0.4, 0.5) is 4.79 Å². The molecule has 0 aliphatic carbocycles. The Kier molecular flexibility index (Phi) is 16.7. The summed E-state index contributed by atoms with van der Waals surface area (Å²) in [5, 5.41) is 24.3. The first-order chi connectivity index (χ1) is 15.2. The summed E-state index contributed by atoms with van der Waals surface area (Å²) in [4.78, 5) is 47.6. The summed E-state index contributed by atoms with van der Waals surface area (Å²) in [6, 6.07) is 0. The third-order valence-electron chi connectivity index (χ3n) is 3.85. The van der Waals surface area contributed by atoms with Crippen LogP contribution in [-0.2, 0) is 33.3 Å². The minimum atomic E-state index is -1.22. The topological polar surface area (TPSA) is 173 Å². The molecule has 13 nitrogen and oxygen atoms in total. The second kappa shape index (κ2) is 18.1. The summed E-state index contributed by atoms with van der Waals surface area (Å²) in [5.74, 6) is -2.13. The molecule has 0 rings (SSSR count). The van der Waals surface area contributed by atoms with Gasteiger partial charge in [-0.05, 0) is 14.1 Å². The number of aliphatic hydroxyl groups is 2. The van der Waals surface area contributed by atoms with Crippen molar-refractivity contribution in [1.82, 2.24) is 15.5 Å². The maximum Gasteiger partial charge on any atom is 0.407 e. The Morgan fingerprint density at radius 3 is 2.06 bits per heavy atom. The van der Waals surface area contributed by atoms with Crippen LogP contribution in [0.1, 0.15) is 19.8 Å². The minimum Gasteiger partial charge on any atom is -0.463 e. The van der Waals surface area contributed by atoms with Crippen LogP contribution in [0.2, 0.25) is 0 Å². The molecule has 0 aliphatic heterocycles. The Balaban J connectivity index is 3.86. The Hall–Kier alpha value is -2.48. The molecule has 2 atom stereocenters. The number of amides is 1. The number of nitrogens with one attached hydrogen (secondary N) is 2. The Bertz CT molecular complexity index is 576. The first-order valence-corrected chi connectivity index (χ1v) is 10.2. The number of carbonyl (C=O) groups is 4. The fourth-order valence-corrected chi connectivity index (χ4v) is 2.12. The quantitative estimate of drug-likeness (QED) is 0.138. The van der Waals surface area contributed by atoms with Crippen LogP contribution in [0.3, 0.4) is 0 Å². The summed E-state index contributed by atoms with van der Waals surface area (Å²) in [5.41, 5.74) is 0. The van der Waals surface area contributed by atoms with Gasteiger partial charge in [0.15, 0.2) is 6.10 Å². The Morgan fingerprint density at radius 1 is 0.938 bits per heavy atom. The maximum absolute atomic E-state index is 11.6. The van der Waals surface area contributed by atoms with E-state index < -0.39 is 49.4 Å². The molecule has 0 saturated carbocycles. The van der Waals surface area contributed by atoms with Crippen molar-refractivity contribution >= 4 is 24.0 Å². The van der Waals surface area contributed by atoms with Crippen molar-refractivity contribution in [2.24, 2.45) is 0 Å². The van der Waals surface area contributed by atoms with Gasteiger partial charge in [-0.2, -0.15) is 0 Å². The van der Waals surface area contributed by atoms with E-state index in [1.54, 1.807) is 0 Å². The number of hydrogen-bond acceptors (Lipinski definition) is 12. The molecule has 0 aromatic heterocycles. The second-order valence-electron chi connectivity index (χ2n) is 6.87. The standard InChI is InChI=1S/C19H35N3O10/c1-14(24)32-16(10-23)13-30-18(27)5-4-17(26)29-11-15(25)12-31-19(28)21-7-9-22(3)8-6-20-2/h15-16,20,23,25H,4-13H2,1-3H3,(H,21,28). The van der Waals surface area contributed by atoms with Crippen molar-refractivity contribution in [3.05, 3.63) is 0 Å². The summed E-state index contributed by atoms with van der Waals surface area (Å²) >= 11 is 0. The molecule has 32 heavy (non-hydrogen) atoms. The smallest absolute Gasteiger partial charge is 0.407 e. The molecule has 0 saturated heterocycles. The highest BCUT2D eigenvalue weighted by Crippen LogP contribution is 2.00. The summed E-state index contributed by atoms with van der Waals surface area (Å²) in [6.45, 7) is 2.18. The number of esters is 3.